The lowest BCUT2D eigenvalue weighted by molar-refractivity contribution is -0.140. The van der Waals surface area contributed by atoms with E-state index in [4.69, 9.17) is 38.6 Å². The summed E-state index contributed by atoms with van der Waals surface area (Å²) in [4.78, 5) is 23.5. The van der Waals surface area contributed by atoms with Crippen LogP contribution in [0.2, 0.25) is 16.6 Å². The number of ether oxygens (including phenoxy) is 4. The third kappa shape index (κ3) is 8.26. The summed E-state index contributed by atoms with van der Waals surface area (Å²) in [5.41, 5.74) is 10.3. The molecular formula is C32H53N5O7Si. The quantitative estimate of drug-likeness (QED) is 0.141. The van der Waals surface area contributed by atoms with Crippen molar-refractivity contribution in [3.05, 3.63) is 39.4 Å². The van der Waals surface area contributed by atoms with Crippen LogP contribution in [-0.2, 0) is 36.5 Å². The van der Waals surface area contributed by atoms with Gasteiger partial charge in [0.1, 0.15) is 13.6 Å². The SMILES string of the molecule is COCO[C@@H](Cn1c(=O)c(-c2nc(CO[Si](C(C)C)(C(C)C)C(C)C)no2)nc2cc(C)c(C)cc21)[C@H](C)[C@@H](CN)OCOC. The van der Waals surface area contributed by atoms with Gasteiger partial charge in [-0.15, -0.1) is 0 Å². The Labute approximate surface area is 268 Å². The van der Waals surface area contributed by atoms with Crippen LogP contribution in [-0.4, -0.2) is 74.6 Å². The minimum absolute atomic E-state index is 0.0281. The van der Waals surface area contributed by atoms with Crippen molar-refractivity contribution in [1.82, 2.24) is 19.7 Å². The molecule has 0 unspecified atom stereocenters. The molecule has 0 saturated carbocycles. The molecule has 0 fully saturated rings. The highest BCUT2D eigenvalue weighted by Crippen LogP contribution is 2.42. The molecule has 3 atom stereocenters. The van der Waals surface area contributed by atoms with Gasteiger partial charge in [-0.05, 0) is 53.7 Å². The third-order valence-electron chi connectivity index (χ3n) is 8.96. The number of methoxy groups -OCH3 is 2. The minimum Gasteiger partial charge on any atom is -0.408 e. The van der Waals surface area contributed by atoms with Crippen LogP contribution >= 0.6 is 0 Å². The highest BCUT2D eigenvalue weighted by atomic mass is 28.4. The number of benzene rings is 1. The number of fused-ring (bicyclic) bond motifs is 1. The van der Waals surface area contributed by atoms with E-state index in [0.29, 0.717) is 33.5 Å². The van der Waals surface area contributed by atoms with E-state index < -0.39 is 14.4 Å². The Morgan fingerprint density at radius 1 is 0.889 bits per heavy atom. The summed E-state index contributed by atoms with van der Waals surface area (Å²) in [6.07, 6.45) is -0.878. The van der Waals surface area contributed by atoms with E-state index in [-0.39, 0.29) is 62.4 Å². The van der Waals surface area contributed by atoms with Gasteiger partial charge in [0.25, 0.3) is 11.4 Å². The smallest absolute Gasteiger partial charge is 0.282 e. The van der Waals surface area contributed by atoms with Crippen LogP contribution in [0.1, 0.15) is 65.4 Å². The predicted octanol–water partition coefficient (Wildman–Crippen LogP) is 5.33. The fourth-order valence-electron chi connectivity index (χ4n) is 6.45. The Kier molecular flexibility index (Phi) is 13.4. The zero-order chi connectivity index (χ0) is 33.5. The van der Waals surface area contributed by atoms with Crippen LogP contribution in [0.5, 0.6) is 0 Å². The van der Waals surface area contributed by atoms with Crippen molar-refractivity contribution in [2.45, 2.75) is 104 Å². The lowest BCUT2D eigenvalue weighted by Crippen LogP contribution is -2.47. The van der Waals surface area contributed by atoms with E-state index >= 15 is 0 Å². The van der Waals surface area contributed by atoms with Gasteiger partial charge in [0.2, 0.25) is 8.32 Å². The number of hydrogen-bond donors (Lipinski definition) is 1. The summed E-state index contributed by atoms with van der Waals surface area (Å²) < 4.78 is 36.2. The topological polar surface area (TPSA) is 146 Å². The van der Waals surface area contributed by atoms with Crippen molar-refractivity contribution in [3.8, 4) is 11.6 Å². The standard InChI is InChI=1S/C32H53N5O7Si/c1-19(2)45(20(3)4,21(5)6)43-16-29-35-31(44-36-29)30-32(38)37(26-13-23(8)22(7)12-25(26)34-30)15-28(42-18-40-11)24(9)27(14-33)41-17-39-10/h12-13,19-21,24,27-28H,14-18,33H2,1-11H3/t24-,27-,28+/m1/s1. The monoisotopic (exact) mass is 647 g/mol. The number of hydrogen-bond acceptors (Lipinski definition) is 11. The number of nitrogens with two attached hydrogens (primary N) is 1. The normalized spacial score (nSPS) is 14.6. The van der Waals surface area contributed by atoms with E-state index in [1.54, 1.807) is 18.8 Å². The molecule has 2 heterocycles. The molecule has 0 saturated heterocycles. The summed E-state index contributed by atoms with van der Waals surface area (Å²) in [6, 6.07) is 3.92. The average molecular weight is 648 g/mol. The highest BCUT2D eigenvalue weighted by molar-refractivity contribution is 6.77. The van der Waals surface area contributed by atoms with Crippen molar-refractivity contribution in [3.63, 3.8) is 0 Å². The van der Waals surface area contributed by atoms with Crippen LogP contribution in [0, 0.1) is 19.8 Å². The fourth-order valence-corrected chi connectivity index (χ4v) is 11.8. The van der Waals surface area contributed by atoms with Gasteiger partial charge in [0.05, 0.1) is 36.4 Å². The maximum absolute atomic E-state index is 14.2. The van der Waals surface area contributed by atoms with Crippen molar-refractivity contribution >= 4 is 19.4 Å². The van der Waals surface area contributed by atoms with Crippen LogP contribution in [0.3, 0.4) is 0 Å². The molecule has 0 radical (unpaired) electrons. The maximum Gasteiger partial charge on any atom is 0.282 e. The first-order chi connectivity index (χ1) is 21.3. The second-order valence-corrected chi connectivity index (χ2v) is 18.2. The molecule has 45 heavy (non-hydrogen) atoms. The van der Waals surface area contributed by atoms with E-state index in [1.165, 1.54) is 0 Å². The molecule has 13 heteroatoms. The van der Waals surface area contributed by atoms with Gasteiger partial charge in [-0.2, -0.15) is 4.98 Å². The second kappa shape index (κ2) is 16.3. The first-order valence-electron chi connectivity index (χ1n) is 15.7. The lowest BCUT2D eigenvalue weighted by Gasteiger charge is -2.41. The summed E-state index contributed by atoms with van der Waals surface area (Å²) in [5, 5.41) is 4.19. The van der Waals surface area contributed by atoms with E-state index in [9.17, 15) is 4.79 Å². The third-order valence-corrected chi connectivity index (χ3v) is 15.0. The van der Waals surface area contributed by atoms with Crippen molar-refractivity contribution < 1.29 is 27.9 Å². The summed E-state index contributed by atoms with van der Waals surface area (Å²) in [5.74, 6) is 0.210. The van der Waals surface area contributed by atoms with Gasteiger partial charge < -0.3 is 38.2 Å². The molecule has 12 nitrogen and oxygen atoms in total. The molecule has 0 aliphatic rings. The summed E-state index contributed by atoms with van der Waals surface area (Å²) >= 11 is 0. The Hall–Kier alpha value is -2.52. The van der Waals surface area contributed by atoms with Gasteiger partial charge in [0, 0.05) is 26.7 Å². The molecule has 0 aliphatic heterocycles. The van der Waals surface area contributed by atoms with Crippen molar-refractivity contribution in [1.29, 1.82) is 0 Å². The van der Waals surface area contributed by atoms with Crippen molar-refractivity contribution in [2.75, 3.05) is 34.4 Å². The van der Waals surface area contributed by atoms with Crippen molar-refractivity contribution in [2.24, 2.45) is 11.7 Å². The number of nitrogens with zero attached hydrogens (tertiary/aromatic N) is 4. The van der Waals surface area contributed by atoms with Crippen LogP contribution < -0.4 is 11.3 Å². The van der Waals surface area contributed by atoms with Gasteiger partial charge in [-0.3, -0.25) is 4.79 Å². The predicted molar refractivity (Wildman–Crippen MR) is 176 cm³/mol. The zero-order valence-corrected chi connectivity index (χ0v) is 29.9. The molecule has 2 aromatic heterocycles. The molecule has 3 aromatic rings. The van der Waals surface area contributed by atoms with Gasteiger partial charge in [-0.1, -0.05) is 53.6 Å². The lowest BCUT2D eigenvalue weighted by atomic mass is 9.97. The maximum atomic E-state index is 14.2. The van der Waals surface area contributed by atoms with E-state index in [0.717, 1.165) is 11.1 Å². The summed E-state index contributed by atoms with van der Waals surface area (Å²) in [7, 11) is 0.940. The van der Waals surface area contributed by atoms with Crippen LogP contribution in [0.25, 0.3) is 22.6 Å². The molecule has 0 aliphatic carbocycles. The molecule has 252 valence electrons. The molecule has 3 rings (SSSR count). The van der Waals surface area contributed by atoms with Gasteiger partial charge in [0.15, 0.2) is 11.5 Å². The van der Waals surface area contributed by atoms with Gasteiger partial charge >= 0.3 is 0 Å². The number of aryl methyl sites for hydroxylation is 2. The second-order valence-electron chi connectivity index (χ2n) is 12.7. The fraction of sp³-hybridized carbons (Fsp3) is 0.688. The number of rotatable bonds is 18. The Balaban J connectivity index is 2.08. The summed E-state index contributed by atoms with van der Waals surface area (Å²) in [6.45, 7) is 20.1. The van der Waals surface area contributed by atoms with Gasteiger partial charge in [-0.25, -0.2) is 4.98 Å². The molecule has 1 aromatic carbocycles. The van der Waals surface area contributed by atoms with E-state index in [2.05, 4.69) is 51.7 Å². The Morgan fingerprint density at radius 2 is 1.47 bits per heavy atom. The Morgan fingerprint density at radius 3 is 2.02 bits per heavy atom. The molecular weight excluding hydrogens is 594 g/mol. The van der Waals surface area contributed by atoms with Crippen LogP contribution in [0.15, 0.2) is 21.5 Å². The molecule has 0 bridgehead atoms. The first-order valence-corrected chi connectivity index (χ1v) is 17.9. The Bertz CT molecular complexity index is 1420. The van der Waals surface area contributed by atoms with E-state index in [1.807, 2.05) is 32.9 Å². The minimum atomic E-state index is -2.16. The number of aromatic nitrogens is 4. The zero-order valence-electron chi connectivity index (χ0n) is 28.9. The first kappa shape index (κ1) is 36.9. The highest BCUT2D eigenvalue weighted by Gasteiger charge is 2.45. The molecule has 0 spiro atoms. The largest absolute Gasteiger partial charge is 0.408 e. The average Bonchev–Trinajstić information content (AvgIpc) is 3.46. The molecule has 2 N–H and O–H groups in total. The molecule has 0 amide bonds. The van der Waals surface area contributed by atoms with Crippen LogP contribution in [0.4, 0.5) is 0 Å².